The lowest BCUT2D eigenvalue weighted by Gasteiger charge is -2.13. The number of ether oxygens (including phenoxy) is 1. The third kappa shape index (κ3) is 4.72. The van der Waals surface area contributed by atoms with E-state index in [9.17, 15) is 8.42 Å². The van der Waals surface area contributed by atoms with Gasteiger partial charge >= 0.3 is 0 Å². The molecule has 0 radical (unpaired) electrons. The number of benzene rings is 2. The van der Waals surface area contributed by atoms with E-state index in [-0.39, 0.29) is 11.0 Å². The summed E-state index contributed by atoms with van der Waals surface area (Å²) in [4.78, 5) is 0.126. The molecule has 0 amide bonds. The van der Waals surface area contributed by atoms with Crippen LogP contribution in [0.15, 0.2) is 45.7 Å². The van der Waals surface area contributed by atoms with E-state index >= 15 is 0 Å². The van der Waals surface area contributed by atoms with Gasteiger partial charge in [0, 0.05) is 6.21 Å². The van der Waals surface area contributed by atoms with E-state index in [4.69, 9.17) is 27.9 Å². The van der Waals surface area contributed by atoms with Crippen molar-refractivity contribution in [3.05, 3.63) is 57.6 Å². The molecule has 0 atom stereocenters. The molecule has 0 aliphatic rings. The predicted molar refractivity (Wildman–Crippen MR) is 98.2 cm³/mol. The minimum Gasteiger partial charge on any atom is -0.488 e. The van der Waals surface area contributed by atoms with Crippen LogP contribution >= 0.6 is 23.2 Å². The second-order valence-corrected chi connectivity index (χ2v) is 7.95. The average molecular weight is 386 g/mol. The van der Waals surface area contributed by atoms with Crippen LogP contribution in [0, 0.1) is 6.92 Å². The Bertz CT molecular complexity index is 837. The molecule has 2 aromatic rings. The molecule has 0 N–H and O–H groups in total. The standard InChI is InChI=1S/C17H17Cl2NO3S/c1-11(2)23-17-15(18)8-13(9-16(17)19)10-20-24(21,22)14-6-4-12(3)5-7-14/h4-11H,1-3H3/b20-10-. The van der Waals surface area contributed by atoms with Gasteiger partial charge in [-0.3, -0.25) is 0 Å². The number of rotatable bonds is 5. The highest BCUT2D eigenvalue weighted by atomic mass is 35.5. The van der Waals surface area contributed by atoms with Crippen molar-refractivity contribution in [3.8, 4) is 5.75 Å². The second-order valence-electron chi connectivity index (χ2n) is 5.50. The summed E-state index contributed by atoms with van der Waals surface area (Å²) in [6, 6.07) is 9.57. The molecule has 4 nitrogen and oxygen atoms in total. The summed E-state index contributed by atoms with van der Waals surface area (Å²) >= 11 is 12.3. The predicted octanol–water partition coefficient (Wildman–Crippen LogP) is 4.90. The lowest BCUT2D eigenvalue weighted by molar-refractivity contribution is 0.243. The molecule has 0 saturated heterocycles. The molecule has 0 aliphatic heterocycles. The number of hydrogen-bond donors (Lipinski definition) is 0. The lowest BCUT2D eigenvalue weighted by atomic mass is 10.2. The highest BCUT2D eigenvalue weighted by Gasteiger charge is 2.13. The molecule has 0 aromatic heterocycles. The molecule has 2 rings (SSSR count). The minimum absolute atomic E-state index is 0.0820. The fourth-order valence-corrected chi connectivity index (χ4v) is 3.36. The summed E-state index contributed by atoms with van der Waals surface area (Å²) in [5.41, 5.74) is 1.44. The van der Waals surface area contributed by atoms with Crippen molar-refractivity contribution in [2.75, 3.05) is 0 Å². The van der Waals surface area contributed by atoms with E-state index < -0.39 is 10.0 Å². The summed E-state index contributed by atoms with van der Waals surface area (Å²) in [5, 5.41) is 0.593. The third-order valence-corrected chi connectivity index (χ3v) is 4.85. The van der Waals surface area contributed by atoms with Crippen LogP contribution in [0.3, 0.4) is 0 Å². The monoisotopic (exact) mass is 385 g/mol. The van der Waals surface area contributed by atoms with Gasteiger partial charge in [0.15, 0.2) is 5.75 Å². The van der Waals surface area contributed by atoms with E-state index in [1.165, 1.54) is 18.3 Å². The molecule has 0 fully saturated rings. The van der Waals surface area contributed by atoms with Crippen LogP contribution in [0.1, 0.15) is 25.0 Å². The Labute approximate surface area is 152 Å². The van der Waals surface area contributed by atoms with Crippen molar-refractivity contribution in [1.29, 1.82) is 0 Å². The van der Waals surface area contributed by atoms with Gasteiger partial charge in [0.25, 0.3) is 10.0 Å². The number of sulfonamides is 1. The molecule has 2 aromatic carbocycles. The second kappa shape index (κ2) is 7.55. The van der Waals surface area contributed by atoms with E-state index in [0.29, 0.717) is 21.4 Å². The average Bonchev–Trinajstić information content (AvgIpc) is 2.49. The van der Waals surface area contributed by atoms with Crippen molar-refractivity contribution in [2.24, 2.45) is 4.40 Å². The number of aryl methyl sites for hydroxylation is 1. The summed E-state index contributed by atoms with van der Waals surface area (Å²) in [6.45, 7) is 5.59. The molecule has 24 heavy (non-hydrogen) atoms. The van der Waals surface area contributed by atoms with Gasteiger partial charge in [0.1, 0.15) is 0 Å². The summed E-state index contributed by atoms with van der Waals surface area (Å²) in [7, 11) is -3.78. The topological polar surface area (TPSA) is 55.7 Å². The molecule has 7 heteroatoms. The molecule has 0 bridgehead atoms. The Balaban J connectivity index is 2.30. The Morgan fingerprint density at radius 1 is 1.08 bits per heavy atom. The molecule has 0 heterocycles. The van der Waals surface area contributed by atoms with Gasteiger partial charge in [-0.05, 0) is 50.6 Å². The first-order valence-electron chi connectivity index (χ1n) is 7.22. The maximum Gasteiger partial charge on any atom is 0.282 e. The van der Waals surface area contributed by atoms with E-state index in [0.717, 1.165) is 5.56 Å². The SMILES string of the molecule is Cc1ccc(S(=O)(=O)/N=C\c2cc(Cl)c(OC(C)C)c(Cl)c2)cc1. The summed E-state index contributed by atoms with van der Waals surface area (Å²) in [6.07, 6.45) is 1.13. The Morgan fingerprint density at radius 3 is 2.12 bits per heavy atom. The van der Waals surface area contributed by atoms with Crippen LogP contribution in [0.25, 0.3) is 0 Å². The Hall–Kier alpha value is -1.56. The van der Waals surface area contributed by atoms with Crippen LogP contribution in [0.4, 0.5) is 0 Å². The molecular formula is C17H17Cl2NO3S. The zero-order chi connectivity index (χ0) is 17.9. The quantitative estimate of drug-likeness (QED) is 0.687. The number of halogens is 2. The van der Waals surface area contributed by atoms with Crippen molar-refractivity contribution < 1.29 is 13.2 Å². The maximum atomic E-state index is 12.2. The van der Waals surface area contributed by atoms with E-state index in [2.05, 4.69) is 4.40 Å². The van der Waals surface area contributed by atoms with Crippen molar-refractivity contribution in [1.82, 2.24) is 0 Å². The normalized spacial score (nSPS) is 12.1. The Kier molecular flexibility index (Phi) is 5.91. The minimum atomic E-state index is -3.78. The van der Waals surface area contributed by atoms with Gasteiger partial charge in [-0.1, -0.05) is 40.9 Å². The van der Waals surface area contributed by atoms with Gasteiger partial charge in [0.05, 0.1) is 21.0 Å². The summed E-state index contributed by atoms with van der Waals surface area (Å²) < 4.78 is 33.6. The van der Waals surface area contributed by atoms with Crippen LogP contribution in [-0.4, -0.2) is 20.7 Å². The van der Waals surface area contributed by atoms with Crippen LogP contribution in [0.5, 0.6) is 5.75 Å². The van der Waals surface area contributed by atoms with Crippen LogP contribution < -0.4 is 4.74 Å². The Morgan fingerprint density at radius 2 is 1.62 bits per heavy atom. The lowest BCUT2D eigenvalue weighted by Crippen LogP contribution is -2.06. The van der Waals surface area contributed by atoms with Crippen molar-refractivity contribution in [2.45, 2.75) is 31.8 Å². The first kappa shape index (κ1) is 18.8. The van der Waals surface area contributed by atoms with Crippen molar-refractivity contribution >= 4 is 39.4 Å². The van der Waals surface area contributed by atoms with Crippen LogP contribution in [0.2, 0.25) is 10.0 Å². The van der Waals surface area contributed by atoms with Gasteiger partial charge in [0.2, 0.25) is 0 Å². The van der Waals surface area contributed by atoms with E-state index in [1.54, 1.807) is 24.3 Å². The zero-order valence-electron chi connectivity index (χ0n) is 13.5. The van der Waals surface area contributed by atoms with E-state index in [1.807, 2.05) is 20.8 Å². The van der Waals surface area contributed by atoms with Gasteiger partial charge < -0.3 is 4.74 Å². The number of hydrogen-bond acceptors (Lipinski definition) is 3. The van der Waals surface area contributed by atoms with Crippen LogP contribution in [-0.2, 0) is 10.0 Å². The fourth-order valence-electron chi connectivity index (χ4n) is 1.90. The van der Waals surface area contributed by atoms with Gasteiger partial charge in [-0.2, -0.15) is 12.8 Å². The highest BCUT2D eigenvalue weighted by molar-refractivity contribution is 7.90. The summed E-state index contributed by atoms with van der Waals surface area (Å²) in [5.74, 6) is 0.367. The maximum absolute atomic E-state index is 12.2. The zero-order valence-corrected chi connectivity index (χ0v) is 15.8. The number of nitrogens with zero attached hydrogens (tertiary/aromatic N) is 1. The fraction of sp³-hybridized carbons (Fsp3) is 0.235. The first-order chi connectivity index (χ1) is 11.2. The molecule has 0 spiro atoms. The molecule has 128 valence electrons. The van der Waals surface area contributed by atoms with Crippen molar-refractivity contribution in [3.63, 3.8) is 0 Å². The molecule has 0 unspecified atom stereocenters. The largest absolute Gasteiger partial charge is 0.488 e. The van der Waals surface area contributed by atoms with Gasteiger partial charge in [-0.15, -0.1) is 0 Å². The highest BCUT2D eigenvalue weighted by Crippen LogP contribution is 2.34. The third-order valence-electron chi connectivity index (χ3n) is 3.03. The molecule has 0 aliphatic carbocycles. The molecular weight excluding hydrogens is 369 g/mol. The van der Waals surface area contributed by atoms with Gasteiger partial charge in [-0.25, -0.2) is 0 Å². The molecule has 0 saturated carbocycles. The first-order valence-corrected chi connectivity index (χ1v) is 9.41. The smallest absolute Gasteiger partial charge is 0.282 e.